The molecule has 1 rings (SSSR count). The summed E-state index contributed by atoms with van der Waals surface area (Å²) < 4.78 is 4.96. The van der Waals surface area contributed by atoms with Crippen molar-refractivity contribution in [3.63, 3.8) is 0 Å². The van der Waals surface area contributed by atoms with Gasteiger partial charge in [-0.25, -0.2) is 0 Å². The molecule has 0 saturated carbocycles. The molecule has 1 unspecified atom stereocenters. The number of carbonyl (C=O) groups is 2. The highest BCUT2D eigenvalue weighted by molar-refractivity contribution is 6.00. The van der Waals surface area contributed by atoms with E-state index in [0.29, 0.717) is 13.1 Å². The van der Waals surface area contributed by atoms with Crippen molar-refractivity contribution < 1.29 is 19.4 Å². The van der Waals surface area contributed by atoms with Gasteiger partial charge in [0.2, 0.25) is 5.91 Å². The predicted octanol–water partition coefficient (Wildman–Crippen LogP) is 1.39. The van der Waals surface area contributed by atoms with E-state index in [1.807, 2.05) is 13.8 Å². The molecule has 0 fully saturated rings. The highest BCUT2D eigenvalue weighted by atomic mass is 16.5. The second-order valence-corrected chi connectivity index (χ2v) is 4.56. The largest absolute Gasteiger partial charge is 0.504 e. The molecule has 0 aliphatic carbocycles. The minimum absolute atomic E-state index is 0.0774. The van der Waals surface area contributed by atoms with Gasteiger partial charge in [-0.3, -0.25) is 9.59 Å². The molecule has 0 heterocycles. The molecule has 2 N–H and O–H groups in total. The molecule has 0 aliphatic heterocycles. The predicted molar refractivity (Wildman–Crippen MR) is 79.5 cm³/mol. The van der Waals surface area contributed by atoms with E-state index in [2.05, 4.69) is 5.32 Å². The molecule has 21 heavy (non-hydrogen) atoms. The Hall–Kier alpha value is -2.24. The topological polar surface area (TPSA) is 78.9 Å². The minimum Gasteiger partial charge on any atom is -0.504 e. The summed E-state index contributed by atoms with van der Waals surface area (Å²) in [6.45, 7) is 6.54. The van der Waals surface area contributed by atoms with Crippen LogP contribution >= 0.6 is 0 Å². The fraction of sp³-hybridized carbons (Fsp3) is 0.467. The van der Waals surface area contributed by atoms with Gasteiger partial charge < -0.3 is 20.1 Å². The Bertz CT molecular complexity index is 512. The van der Waals surface area contributed by atoms with E-state index in [1.165, 1.54) is 13.2 Å². The number of para-hydroxylation sites is 1. The van der Waals surface area contributed by atoms with Crippen LogP contribution in [0, 0.1) is 0 Å². The Morgan fingerprint density at radius 2 is 1.95 bits per heavy atom. The first-order valence-corrected chi connectivity index (χ1v) is 6.91. The summed E-state index contributed by atoms with van der Waals surface area (Å²) >= 11 is 0. The molecule has 1 atom stereocenters. The Balaban J connectivity index is 2.84. The van der Waals surface area contributed by atoms with Gasteiger partial charge in [0, 0.05) is 13.1 Å². The molecule has 0 radical (unpaired) electrons. The third-order valence-corrected chi connectivity index (χ3v) is 3.26. The van der Waals surface area contributed by atoms with Gasteiger partial charge in [0.05, 0.1) is 12.7 Å². The van der Waals surface area contributed by atoms with Crippen LogP contribution in [0.3, 0.4) is 0 Å². The highest BCUT2D eigenvalue weighted by Crippen LogP contribution is 2.29. The quantitative estimate of drug-likeness (QED) is 0.831. The maximum atomic E-state index is 12.2. The summed E-state index contributed by atoms with van der Waals surface area (Å²) in [5.74, 6) is -0.694. The number of hydrogen-bond donors (Lipinski definition) is 2. The number of ether oxygens (including phenoxy) is 1. The van der Waals surface area contributed by atoms with E-state index in [0.717, 1.165) is 0 Å². The van der Waals surface area contributed by atoms with Crippen LogP contribution in [0.25, 0.3) is 0 Å². The lowest BCUT2D eigenvalue weighted by atomic mass is 10.1. The van der Waals surface area contributed by atoms with Gasteiger partial charge in [0.15, 0.2) is 11.5 Å². The van der Waals surface area contributed by atoms with E-state index in [4.69, 9.17) is 4.74 Å². The number of carbonyl (C=O) groups excluding carboxylic acids is 2. The molecule has 0 saturated heterocycles. The molecule has 2 amide bonds. The number of aromatic hydroxyl groups is 1. The van der Waals surface area contributed by atoms with Crippen LogP contribution in [0.2, 0.25) is 0 Å². The summed E-state index contributed by atoms with van der Waals surface area (Å²) in [5, 5.41) is 12.5. The fourth-order valence-electron chi connectivity index (χ4n) is 2.02. The van der Waals surface area contributed by atoms with Crippen molar-refractivity contribution in [1.29, 1.82) is 0 Å². The van der Waals surface area contributed by atoms with Crippen LogP contribution in [0.5, 0.6) is 11.5 Å². The lowest BCUT2D eigenvalue weighted by molar-refractivity contribution is -0.132. The zero-order valence-electron chi connectivity index (χ0n) is 12.8. The molecule has 6 nitrogen and oxygen atoms in total. The van der Waals surface area contributed by atoms with E-state index >= 15 is 0 Å². The van der Waals surface area contributed by atoms with Gasteiger partial charge in [-0.15, -0.1) is 0 Å². The van der Waals surface area contributed by atoms with Crippen LogP contribution in [0.15, 0.2) is 18.2 Å². The summed E-state index contributed by atoms with van der Waals surface area (Å²) in [6, 6.07) is 3.96. The number of benzene rings is 1. The van der Waals surface area contributed by atoms with Crippen molar-refractivity contribution in [3.05, 3.63) is 23.8 Å². The molecular weight excluding hydrogens is 272 g/mol. The van der Waals surface area contributed by atoms with Crippen LogP contribution in [0.4, 0.5) is 0 Å². The number of hydrogen-bond acceptors (Lipinski definition) is 4. The Morgan fingerprint density at radius 1 is 1.33 bits per heavy atom. The maximum Gasteiger partial charge on any atom is 0.255 e. The molecule has 0 aliphatic rings. The molecule has 0 bridgehead atoms. The average Bonchev–Trinajstić information content (AvgIpc) is 2.48. The number of phenols is 1. The molecule has 6 heteroatoms. The molecule has 0 aromatic heterocycles. The van der Waals surface area contributed by atoms with E-state index in [-0.39, 0.29) is 23.0 Å². The monoisotopic (exact) mass is 294 g/mol. The van der Waals surface area contributed by atoms with E-state index in [9.17, 15) is 14.7 Å². The fourth-order valence-corrected chi connectivity index (χ4v) is 2.02. The van der Waals surface area contributed by atoms with Gasteiger partial charge in [-0.2, -0.15) is 0 Å². The van der Waals surface area contributed by atoms with Crippen LogP contribution in [0.1, 0.15) is 31.1 Å². The first-order chi connectivity index (χ1) is 9.96. The Morgan fingerprint density at radius 3 is 2.48 bits per heavy atom. The third kappa shape index (κ3) is 3.87. The summed E-state index contributed by atoms with van der Waals surface area (Å²) in [7, 11) is 1.41. The lowest BCUT2D eigenvalue weighted by Gasteiger charge is -2.23. The number of nitrogens with zero attached hydrogens (tertiary/aromatic N) is 1. The van der Waals surface area contributed by atoms with Gasteiger partial charge >= 0.3 is 0 Å². The lowest BCUT2D eigenvalue weighted by Crippen LogP contribution is -2.46. The van der Waals surface area contributed by atoms with Crippen molar-refractivity contribution in [3.8, 4) is 11.5 Å². The maximum absolute atomic E-state index is 12.2. The van der Waals surface area contributed by atoms with E-state index < -0.39 is 11.9 Å². The van der Waals surface area contributed by atoms with Gasteiger partial charge in [0.25, 0.3) is 5.91 Å². The first kappa shape index (κ1) is 16.8. The second kappa shape index (κ2) is 7.52. The summed E-state index contributed by atoms with van der Waals surface area (Å²) in [4.78, 5) is 25.9. The number of rotatable bonds is 6. The molecule has 116 valence electrons. The number of likely N-dealkylation sites (N-methyl/N-ethyl adjacent to an activating group) is 1. The first-order valence-electron chi connectivity index (χ1n) is 6.91. The molecule has 1 aromatic carbocycles. The van der Waals surface area contributed by atoms with Crippen LogP contribution < -0.4 is 10.1 Å². The summed E-state index contributed by atoms with van der Waals surface area (Å²) in [5.41, 5.74) is 0.0774. The molecule has 1 aromatic rings. The highest BCUT2D eigenvalue weighted by Gasteiger charge is 2.22. The van der Waals surface area contributed by atoms with Crippen molar-refractivity contribution in [2.24, 2.45) is 0 Å². The normalized spacial score (nSPS) is 11.6. The minimum atomic E-state index is -0.664. The smallest absolute Gasteiger partial charge is 0.255 e. The molecule has 0 spiro atoms. The zero-order chi connectivity index (χ0) is 16.0. The summed E-state index contributed by atoms with van der Waals surface area (Å²) in [6.07, 6.45) is 0. The van der Waals surface area contributed by atoms with Crippen molar-refractivity contribution in [1.82, 2.24) is 10.2 Å². The number of amides is 2. The van der Waals surface area contributed by atoms with Crippen LogP contribution in [-0.2, 0) is 4.79 Å². The van der Waals surface area contributed by atoms with Gasteiger partial charge in [0.1, 0.15) is 6.04 Å². The third-order valence-electron chi connectivity index (χ3n) is 3.26. The van der Waals surface area contributed by atoms with Crippen molar-refractivity contribution >= 4 is 11.8 Å². The Labute approximate surface area is 124 Å². The number of phenolic OH excluding ortho intramolecular Hbond substituents is 1. The molecular formula is C15H22N2O4. The number of methoxy groups -OCH3 is 1. The van der Waals surface area contributed by atoms with Crippen molar-refractivity contribution in [2.45, 2.75) is 26.8 Å². The van der Waals surface area contributed by atoms with E-state index in [1.54, 1.807) is 24.0 Å². The number of nitrogens with one attached hydrogen (secondary N) is 1. The van der Waals surface area contributed by atoms with Gasteiger partial charge in [-0.05, 0) is 32.9 Å². The van der Waals surface area contributed by atoms with Crippen LogP contribution in [-0.4, -0.2) is 48.1 Å². The zero-order valence-corrected chi connectivity index (χ0v) is 12.8. The second-order valence-electron chi connectivity index (χ2n) is 4.56. The van der Waals surface area contributed by atoms with Gasteiger partial charge in [-0.1, -0.05) is 6.07 Å². The SMILES string of the molecule is CCN(CC)C(=O)C(C)NC(=O)c1cccc(OC)c1O. The standard InChI is InChI=1S/C15H22N2O4/c1-5-17(6-2)15(20)10(3)16-14(19)11-8-7-9-12(21-4)13(11)18/h7-10,18H,5-6H2,1-4H3,(H,16,19). The Kier molecular flexibility index (Phi) is 6.02. The average molecular weight is 294 g/mol. The van der Waals surface area contributed by atoms with Crippen molar-refractivity contribution in [2.75, 3.05) is 20.2 Å².